The number of methoxy groups -OCH3 is 1. The van der Waals surface area contributed by atoms with Crippen LogP contribution < -0.4 is 15.4 Å². The van der Waals surface area contributed by atoms with Gasteiger partial charge >= 0.3 is 0 Å². The molecule has 4 aromatic rings. The zero-order valence-electron chi connectivity index (χ0n) is 18.4. The number of hydrogen-bond donors (Lipinski definition) is 2. The molecule has 2 aromatic carbocycles. The van der Waals surface area contributed by atoms with Crippen LogP contribution in [0.25, 0.3) is 5.82 Å². The third kappa shape index (κ3) is 4.15. The normalized spacial score (nSPS) is 13.9. The fourth-order valence-electron chi connectivity index (χ4n) is 3.96. The summed E-state index contributed by atoms with van der Waals surface area (Å²) in [5.74, 6) is 2.80. The summed E-state index contributed by atoms with van der Waals surface area (Å²) < 4.78 is 7.31. The van der Waals surface area contributed by atoms with E-state index < -0.39 is 5.41 Å². The summed E-state index contributed by atoms with van der Waals surface area (Å²) in [6, 6.07) is 17.2. The number of nitrogens with zero attached hydrogens (tertiary/aromatic N) is 4. The number of hydrogen-bond acceptors (Lipinski definition) is 6. The highest BCUT2D eigenvalue weighted by Crippen LogP contribution is 2.52. The fourth-order valence-corrected chi connectivity index (χ4v) is 3.96. The molecule has 1 fully saturated rings. The Morgan fingerprint density at radius 3 is 2.52 bits per heavy atom. The van der Waals surface area contributed by atoms with E-state index in [0.717, 1.165) is 41.3 Å². The molecule has 2 N–H and O–H groups in total. The molecule has 8 nitrogen and oxygen atoms in total. The summed E-state index contributed by atoms with van der Waals surface area (Å²) >= 11 is 0. The van der Waals surface area contributed by atoms with Gasteiger partial charge in [0.2, 0.25) is 5.91 Å². The van der Waals surface area contributed by atoms with Crippen LogP contribution in [0, 0.1) is 6.92 Å². The summed E-state index contributed by atoms with van der Waals surface area (Å²) in [5, 5.41) is 6.36. The predicted molar refractivity (Wildman–Crippen MR) is 126 cm³/mol. The number of amides is 1. The molecule has 0 unspecified atom stereocenters. The van der Waals surface area contributed by atoms with Gasteiger partial charge in [-0.05, 0) is 50.1 Å². The van der Waals surface area contributed by atoms with Gasteiger partial charge < -0.3 is 15.4 Å². The third-order valence-corrected chi connectivity index (χ3v) is 5.82. The van der Waals surface area contributed by atoms with Crippen molar-refractivity contribution >= 4 is 23.1 Å². The van der Waals surface area contributed by atoms with Gasteiger partial charge in [0.1, 0.15) is 29.5 Å². The van der Waals surface area contributed by atoms with Crippen LogP contribution in [0.4, 0.5) is 17.2 Å². The maximum atomic E-state index is 13.1. The molecular weight excluding hydrogens is 416 g/mol. The van der Waals surface area contributed by atoms with Gasteiger partial charge in [0.15, 0.2) is 0 Å². The maximum Gasteiger partial charge on any atom is 0.235 e. The standard InChI is InChI=1S/C25H24N6O2/c1-17-27-22(15-23(28-17)31-14-13-26-16-31)29-18-7-9-19(10-8-18)30-24(32)25(11-12-25)20-5-3-4-6-21(20)33-2/h3-10,13-16H,11-12H2,1-2H3,(H,30,32)(H,27,28,29). The maximum absolute atomic E-state index is 13.1. The summed E-state index contributed by atoms with van der Waals surface area (Å²) in [6.07, 6.45) is 6.86. The van der Waals surface area contributed by atoms with Crippen LogP contribution >= 0.6 is 0 Å². The number of aryl methyl sites for hydroxylation is 1. The van der Waals surface area contributed by atoms with Gasteiger partial charge in [-0.15, -0.1) is 0 Å². The second-order valence-corrected chi connectivity index (χ2v) is 8.07. The van der Waals surface area contributed by atoms with E-state index in [2.05, 4.69) is 25.6 Å². The van der Waals surface area contributed by atoms with Crippen LogP contribution in [0.1, 0.15) is 24.2 Å². The highest BCUT2D eigenvalue weighted by Gasteiger charge is 2.52. The molecule has 166 valence electrons. The van der Waals surface area contributed by atoms with Crippen LogP contribution in [-0.2, 0) is 10.2 Å². The largest absolute Gasteiger partial charge is 0.496 e. The average Bonchev–Trinajstić information content (AvgIpc) is 3.45. The van der Waals surface area contributed by atoms with Gasteiger partial charge in [-0.25, -0.2) is 15.0 Å². The van der Waals surface area contributed by atoms with Crippen molar-refractivity contribution < 1.29 is 9.53 Å². The number of carbonyl (C=O) groups is 1. The van der Waals surface area contributed by atoms with Crippen LogP contribution in [0.5, 0.6) is 5.75 Å². The van der Waals surface area contributed by atoms with E-state index in [0.29, 0.717) is 11.6 Å². The van der Waals surface area contributed by atoms with E-state index in [1.807, 2.05) is 72.3 Å². The average molecular weight is 441 g/mol. The number of nitrogens with one attached hydrogen (secondary N) is 2. The molecule has 1 amide bonds. The molecule has 1 aliphatic rings. The third-order valence-electron chi connectivity index (χ3n) is 5.82. The van der Waals surface area contributed by atoms with Crippen LogP contribution in [0.3, 0.4) is 0 Å². The molecule has 0 atom stereocenters. The van der Waals surface area contributed by atoms with Gasteiger partial charge in [0.05, 0.1) is 12.5 Å². The lowest BCUT2D eigenvalue weighted by Crippen LogP contribution is -2.28. The van der Waals surface area contributed by atoms with Crippen molar-refractivity contribution in [1.82, 2.24) is 19.5 Å². The molecule has 1 saturated carbocycles. The van der Waals surface area contributed by atoms with E-state index in [4.69, 9.17) is 4.74 Å². The van der Waals surface area contributed by atoms with E-state index in [1.54, 1.807) is 19.6 Å². The first kappa shape index (κ1) is 20.7. The van der Waals surface area contributed by atoms with Crippen molar-refractivity contribution in [2.75, 3.05) is 17.7 Å². The number of rotatable bonds is 7. The Balaban J connectivity index is 1.29. The Morgan fingerprint density at radius 1 is 1.06 bits per heavy atom. The van der Waals surface area contributed by atoms with Crippen molar-refractivity contribution in [3.8, 4) is 11.6 Å². The summed E-state index contributed by atoms with van der Waals surface area (Å²) in [6.45, 7) is 1.85. The van der Waals surface area contributed by atoms with E-state index in [9.17, 15) is 4.79 Å². The van der Waals surface area contributed by atoms with Gasteiger partial charge in [-0.2, -0.15) is 0 Å². The Bertz CT molecular complexity index is 1280. The van der Waals surface area contributed by atoms with Crippen LogP contribution in [0.2, 0.25) is 0 Å². The van der Waals surface area contributed by atoms with Crippen molar-refractivity contribution in [2.24, 2.45) is 0 Å². The number of anilines is 3. The van der Waals surface area contributed by atoms with E-state index in [-0.39, 0.29) is 5.91 Å². The van der Waals surface area contributed by atoms with E-state index >= 15 is 0 Å². The molecule has 2 heterocycles. The monoisotopic (exact) mass is 440 g/mol. The highest BCUT2D eigenvalue weighted by atomic mass is 16.5. The molecule has 0 aliphatic heterocycles. The Kier molecular flexibility index (Phi) is 5.26. The molecule has 1 aliphatic carbocycles. The number of aromatic nitrogens is 4. The van der Waals surface area contributed by atoms with Gasteiger partial charge in [0.25, 0.3) is 0 Å². The minimum atomic E-state index is -0.522. The molecule has 8 heteroatoms. The highest BCUT2D eigenvalue weighted by molar-refractivity contribution is 6.02. The van der Waals surface area contributed by atoms with Crippen molar-refractivity contribution in [1.29, 1.82) is 0 Å². The lowest BCUT2D eigenvalue weighted by atomic mass is 9.94. The summed E-state index contributed by atoms with van der Waals surface area (Å²) in [7, 11) is 1.63. The SMILES string of the molecule is COc1ccccc1C1(C(=O)Nc2ccc(Nc3cc(-n4ccnc4)nc(C)n3)cc2)CC1. The summed E-state index contributed by atoms with van der Waals surface area (Å²) in [4.78, 5) is 26.1. The Morgan fingerprint density at radius 2 is 1.82 bits per heavy atom. The van der Waals surface area contributed by atoms with Crippen molar-refractivity contribution in [2.45, 2.75) is 25.2 Å². The minimum absolute atomic E-state index is 0.0101. The van der Waals surface area contributed by atoms with Crippen molar-refractivity contribution in [3.05, 3.63) is 84.7 Å². The van der Waals surface area contributed by atoms with Gasteiger partial charge in [-0.1, -0.05) is 18.2 Å². The van der Waals surface area contributed by atoms with Gasteiger partial charge in [-0.3, -0.25) is 9.36 Å². The van der Waals surface area contributed by atoms with Crippen LogP contribution in [-0.4, -0.2) is 32.5 Å². The zero-order valence-corrected chi connectivity index (χ0v) is 18.4. The first-order valence-corrected chi connectivity index (χ1v) is 10.7. The molecule has 33 heavy (non-hydrogen) atoms. The molecular formula is C25H24N6O2. The molecule has 0 radical (unpaired) electrons. The van der Waals surface area contributed by atoms with Crippen LogP contribution in [0.15, 0.2) is 73.3 Å². The predicted octanol–water partition coefficient (Wildman–Crippen LogP) is 4.39. The lowest BCUT2D eigenvalue weighted by Gasteiger charge is -2.18. The molecule has 0 saturated heterocycles. The zero-order chi connectivity index (χ0) is 22.8. The second kappa shape index (κ2) is 8.38. The second-order valence-electron chi connectivity index (χ2n) is 8.07. The number of carbonyl (C=O) groups excluding carboxylic acids is 1. The molecule has 0 spiro atoms. The van der Waals surface area contributed by atoms with E-state index in [1.165, 1.54) is 0 Å². The topological polar surface area (TPSA) is 94.0 Å². The van der Waals surface area contributed by atoms with Crippen molar-refractivity contribution in [3.63, 3.8) is 0 Å². The molecule has 5 rings (SSSR count). The number of imidazole rings is 1. The molecule has 0 bridgehead atoms. The quantitative estimate of drug-likeness (QED) is 0.443. The van der Waals surface area contributed by atoms with Gasteiger partial charge in [0, 0.05) is 35.4 Å². The first-order valence-electron chi connectivity index (χ1n) is 10.7. The lowest BCUT2D eigenvalue weighted by molar-refractivity contribution is -0.118. The molecule has 2 aromatic heterocycles. The number of ether oxygens (including phenoxy) is 1. The first-order chi connectivity index (χ1) is 16.1. The fraction of sp³-hybridized carbons (Fsp3) is 0.200. The summed E-state index contributed by atoms with van der Waals surface area (Å²) in [5.41, 5.74) is 2.01. The Labute approximate surface area is 191 Å². The Hall–Kier alpha value is -4.20. The smallest absolute Gasteiger partial charge is 0.235 e. The minimum Gasteiger partial charge on any atom is -0.496 e. The number of para-hydroxylation sites is 1. The number of benzene rings is 2.